The summed E-state index contributed by atoms with van der Waals surface area (Å²) in [5.41, 5.74) is 6.35. The van der Waals surface area contributed by atoms with Crippen LogP contribution in [-0.4, -0.2) is 104 Å². The fourth-order valence-corrected chi connectivity index (χ4v) is 5.42. The van der Waals surface area contributed by atoms with Gasteiger partial charge in [-0.3, -0.25) is 4.79 Å². The Kier molecular flexibility index (Phi) is 19.9. The molecule has 6 rings (SSSR count). The summed E-state index contributed by atoms with van der Waals surface area (Å²) < 4.78 is 0. The molecule has 2 fully saturated rings. The van der Waals surface area contributed by atoms with Gasteiger partial charge < -0.3 is 35.5 Å². The van der Waals surface area contributed by atoms with E-state index in [-0.39, 0.29) is 53.2 Å². The number of carbonyl (C=O) groups is 1. The molecule has 0 radical (unpaired) electrons. The van der Waals surface area contributed by atoms with Crippen molar-refractivity contribution >= 4 is 35.3 Å². The smallest absolute Gasteiger partial charge is 0.870 e. The zero-order chi connectivity index (χ0) is 32.0. The number of nitrogens with zero attached hydrogens (tertiary/aromatic N) is 5. The number of halogens is 1. The van der Waals surface area contributed by atoms with Gasteiger partial charge in [-0.25, -0.2) is 5.90 Å². The summed E-state index contributed by atoms with van der Waals surface area (Å²) >= 11 is 0. The molecule has 0 bridgehead atoms. The Labute approximate surface area is 312 Å². The fraction of sp³-hybridized carbons (Fsp3) is 0.278. The Hall–Kier alpha value is -3.29. The number of benzene rings is 4. The van der Waals surface area contributed by atoms with Gasteiger partial charge in [-0.15, -0.1) is 12.4 Å². The van der Waals surface area contributed by atoms with E-state index in [1.54, 1.807) is 0 Å². The number of anilines is 2. The molecule has 0 aromatic heterocycles. The summed E-state index contributed by atoms with van der Waals surface area (Å²) in [6.07, 6.45) is 0. The summed E-state index contributed by atoms with van der Waals surface area (Å²) in [6, 6.07) is 35.4. The molecule has 4 aromatic rings. The first-order valence-corrected chi connectivity index (χ1v) is 15.2. The predicted octanol–water partition coefficient (Wildman–Crippen LogP) is 1.92. The van der Waals surface area contributed by atoms with Crippen LogP contribution < -0.4 is 45.3 Å². The quantitative estimate of drug-likeness (QED) is 0.0915. The van der Waals surface area contributed by atoms with Gasteiger partial charge in [0, 0.05) is 86.0 Å². The largest absolute Gasteiger partial charge is 1.00 e. The molecule has 2 aliphatic heterocycles. The molecule has 0 amide bonds. The van der Waals surface area contributed by atoms with Gasteiger partial charge in [-0.05, 0) is 50.5 Å². The molecule has 12 heteroatoms. The van der Waals surface area contributed by atoms with Gasteiger partial charge in [0.05, 0.1) is 0 Å². The Bertz CT molecular complexity index is 1480. The Morgan fingerprint density at radius 1 is 0.562 bits per heavy atom. The van der Waals surface area contributed by atoms with E-state index in [1.165, 1.54) is 11.4 Å². The third kappa shape index (κ3) is 12.0. The second kappa shape index (κ2) is 22.4. The van der Waals surface area contributed by atoms with E-state index in [0.717, 1.165) is 74.6 Å². The van der Waals surface area contributed by atoms with Crippen LogP contribution in [-0.2, 0) is 0 Å². The molecule has 0 unspecified atom stereocenters. The molecule has 2 aliphatic rings. The number of likely N-dealkylation sites (N-methyl/N-ethyl adjacent to an activating group) is 2. The zero-order valence-electron chi connectivity index (χ0n) is 28.0. The number of carbonyl (C=O) groups excluding carboxylic acids is 1. The van der Waals surface area contributed by atoms with Gasteiger partial charge in [-0.2, -0.15) is 0 Å². The summed E-state index contributed by atoms with van der Waals surface area (Å²) in [7, 11) is 4.31. The van der Waals surface area contributed by atoms with E-state index in [9.17, 15) is 10.0 Å². The number of hydrogen-bond donors (Lipinski definition) is 3. The zero-order valence-corrected chi connectivity index (χ0v) is 30.8. The van der Waals surface area contributed by atoms with Crippen molar-refractivity contribution < 1.29 is 50.2 Å². The molecule has 252 valence electrons. The fourth-order valence-electron chi connectivity index (χ4n) is 5.42. The first-order chi connectivity index (χ1) is 22.0. The SMILES string of the molecule is CN1CCN(c2ccc(/C(=N\O)c3ccccc3)cc2)CC1.CN1CCN(c2ccc(C(=O)c3ccccc3)cc2)CC1.Cl.NO.[Na+].[OH-]. The third-order valence-electron chi connectivity index (χ3n) is 8.19. The second-order valence-corrected chi connectivity index (χ2v) is 11.2. The predicted molar refractivity (Wildman–Crippen MR) is 191 cm³/mol. The van der Waals surface area contributed by atoms with Gasteiger partial charge in [-0.1, -0.05) is 78.0 Å². The van der Waals surface area contributed by atoms with Crippen LogP contribution >= 0.6 is 12.4 Å². The number of nitrogens with two attached hydrogens (primary N) is 1. The molecule has 5 N–H and O–H groups in total. The molecular weight excluding hydrogens is 639 g/mol. The standard InChI is InChI=1S/C18H21N3O.C18H20N2O.ClH.H3NO.Na.H2O/c1-20-11-13-21(14-12-20)17-9-7-16(8-10-17)18(19-22)15-5-3-2-4-6-15;1-19-11-13-20(14-12-19)17-9-7-16(8-10-17)18(21)15-5-3-2-4-6-15;;1-2;;/h2-10,22H,11-14H2,1H3;2-10H,11-14H2,1H3;1H;2H,1H2;;1H2/q;;;;+1;/p-1/b19-18-;;;;;. The molecule has 0 aliphatic carbocycles. The van der Waals surface area contributed by atoms with E-state index in [2.05, 4.69) is 69.0 Å². The van der Waals surface area contributed by atoms with Crippen molar-refractivity contribution in [2.75, 3.05) is 76.3 Å². The van der Waals surface area contributed by atoms with E-state index < -0.39 is 0 Å². The average Bonchev–Trinajstić information content (AvgIpc) is 3.11. The molecule has 0 atom stereocenters. The van der Waals surface area contributed by atoms with E-state index in [4.69, 9.17) is 5.21 Å². The van der Waals surface area contributed by atoms with Crippen molar-refractivity contribution in [3.63, 3.8) is 0 Å². The number of oxime groups is 1. The molecule has 4 aromatic carbocycles. The van der Waals surface area contributed by atoms with Gasteiger partial charge in [0.15, 0.2) is 5.78 Å². The normalized spacial score (nSPS) is 14.8. The first-order valence-electron chi connectivity index (χ1n) is 15.2. The number of hydrogen-bond acceptors (Lipinski definition) is 10. The van der Waals surface area contributed by atoms with Gasteiger partial charge >= 0.3 is 29.6 Å². The van der Waals surface area contributed by atoms with E-state index in [1.807, 2.05) is 84.9 Å². The first kappa shape index (κ1) is 42.7. The number of piperazine rings is 2. The molecule has 0 saturated carbocycles. The Morgan fingerprint density at radius 3 is 1.25 bits per heavy atom. The molecule has 2 saturated heterocycles. The summed E-state index contributed by atoms with van der Waals surface area (Å²) in [5, 5.41) is 19.3. The van der Waals surface area contributed by atoms with Crippen LogP contribution in [0.25, 0.3) is 0 Å². The van der Waals surface area contributed by atoms with Crippen LogP contribution in [0.15, 0.2) is 114 Å². The maximum atomic E-state index is 12.4. The molecule has 0 spiro atoms. The number of rotatable bonds is 6. The topological polar surface area (TPSA) is 139 Å². The summed E-state index contributed by atoms with van der Waals surface area (Å²) in [6.45, 7) is 8.55. The van der Waals surface area contributed by atoms with Crippen molar-refractivity contribution in [3.8, 4) is 0 Å². The second-order valence-electron chi connectivity index (χ2n) is 11.2. The molecule has 48 heavy (non-hydrogen) atoms. The van der Waals surface area contributed by atoms with Gasteiger partial charge in [0.2, 0.25) is 0 Å². The van der Waals surface area contributed by atoms with Crippen molar-refractivity contribution in [2.45, 2.75) is 0 Å². The van der Waals surface area contributed by atoms with Crippen LogP contribution in [0.5, 0.6) is 0 Å². The van der Waals surface area contributed by atoms with Crippen LogP contribution in [0.1, 0.15) is 27.0 Å². The molecule has 2 heterocycles. The maximum absolute atomic E-state index is 12.4. The molecule has 10 nitrogen and oxygen atoms in total. The molecular formula is C36H46ClN6NaO4. The van der Waals surface area contributed by atoms with Crippen molar-refractivity contribution in [1.29, 1.82) is 0 Å². The average molecular weight is 685 g/mol. The van der Waals surface area contributed by atoms with Crippen LogP contribution in [0.4, 0.5) is 11.4 Å². The van der Waals surface area contributed by atoms with E-state index in [0.29, 0.717) is 5.71 Å². The van der Waals surface area contributed by atoms with Gasteiger partial charge in [0.25, 0.3) is 0 Å². The summed E-state index contributed by atoms with van der Waals surface area (Å²) in [4.78, 5) is 21.8. The van der Waals surface area contributed by atoms with Crippen molar-refractivity contribution in [1.82, 2.24) is 9.80 Å². The van der Waals surface area contributed by atoms with E-state index >= 15 is 0 Å². The van der Waals surface area contributed by atoms with Crippen LogP contribution in [0.3, 0.4) is 0 Å². The monoisotopic (exact) mass is 684 g/mol. The minimum absolute atomic E-state index is 0. The Morgan fingerprint density at radius 2 is 0.875 bits per heavy atom. The Balaban J connectivity index is 0.000000431. The van der Waals surface area contributed by atoms with Crippen molar-refractivity contribution in [2.24, 2.45) is 11.1 Å². The summed E-state index contributed by atoms with van der Waals surface area (Å²) in [5.74, 6) is 3.58. The van der Waals surface area contributed by atoms with Crippen molar-refractivity contribution in [3.05, 3.63) is 131 Å². The van der Waals surface area contributed by atoms with Crippen LogP contribution in [0, 0.1) is 0 Å². The third-order valence-corrected chi connectivity index (χ3v) is 8.19. The number of ketones is 1. The minimum atomic E-state index is 0. The van der Waals surface area contributed by atoms with Crippen LogP contribution in [0.2, 0.25) is 0 Å². The minimum Gasteiger partial charge on any atom is -0.870 e. The maximum Gasteiger partial charge on any atom is 1.00 e. The van der Waals surface area contributed by atoms with Gasteiger partial charge in [0.1, 0.15) is 5.71 Å².